The topological polar surface area (TPSA) is 37.3 Å². The van der Waals surface area contributed by atoms with Gasteiger partial charge in [0.2, 0.25) is 0 Å². The lowest BCUT2D eigenvalue weighted by atomic mass is 10.3. The first-order chi connectivity index (χ1) is 4.88. The van der Waals surface area contributed by atoms with Crippen molar-refractivity contribution in [1.29, 1.82) is 0 Å². The molecule has 0 saturated heterocycles. The molecule has 10 heavy (non-hydrogen) atoms. The predicted molar refractivity (Wildman–Crippen MR) is 37.6 cm³/mol. The van der Waals surface area contributed by atoms with Crippen LogP contribution in [0, 0.1) is 0 Å². The zero-order valence-electron chi connectivity index (χ0n) is 5.24. The molecular weight excluding hydrogens is 128 g/mol. The third-order valence-corrected chi connectivity index (χ3v) is 1.21. The molecule has 0 spiro atoms. The number of aliphatic hydroxyl groups excluding tert-OH is 1. The fourth-order valence-corrected chi connectivity index (χ4v) is 0.703. The van der Waals surface area contributed by atoms with Gasteiger partial charge in [-0.05, 0) is 6.07 Å². The Bertz CT molecular complexity index is 348. The lowest BCUT2D eigenvalue weighted by Gasteiger charge is -1.80. The summed E-state index contributed by atoms with van der Waals surface area (Å²) in [6.45, 7) is 0. The zero-order chi connectivity index (χ0) is 7.40. The molecule has 1 rings (SSSR count). The molecule has 50 valence electrons. The molecule has 0 aromatic heterocycles. The van der Waals surface area contributed by atoms with Crippen molar-refractivity contribution in [2.45, 2.75) is 0 Å². The summed E-state index contributed by atoms with van der Waals surface area (Å²) in [4.78, 5) is 10.1. The summed E-state index contributed by atoms with van der Waals surface area (Å²) in [5.74, 6) is 1.71. The first-order valence-corrected chi connectivity index (χ1v) is 2.83. The molecule has 1 N–H and O–H groups in total. The van der Waals surface area contributed by atoms with Crippen molar-refractivity contribution in [2.75, 3.05) is 0 Å². The van der Waals surface area contributed by atoms with Gasteiger partial charge in [0, 0.05) is 5.22 Å². The van der Waals surface area contributed by atoms with Gasteiger partial charge in [-0.15, -0.1) is 0 Å². The Hall–Kier alpha value is -1.53. The second-order valence-corrected chi connectivity index (χ2v) is 1.82. The normalized spacial score (nSPS) is 11.0. The molecule has 0 unspecified atom stereocenters. The van der Waals surface area contributed by atoms with E-state index in [1.54, 1.807) is 30.2 Å². The van der Waals surface area contributed by atoms with E-state index in [-0.39, 0.29) is 0 Å². The van der Waals surface area contributed by atoms with Gasteiger partial charge in [0.05, 0.1) is 11.5 Å². The summed E-state index contributed by atoms with van der Waals surface area (Å²) < 4.78 is 0. The summed E-state index contributed by atoms with van der Waals surface area (Å²) in [5, 5.41) is 9.42. The number of hydrogen-bond donors (Lipinski definition) is 1. The highest BCUT2D eigenvalue weighted by molar-refractivity contribution is 5.46. The van der Waals surface area contributed by atoms with Crippen LogP contribution in [0.3, 0.4) is 0 Å². The van der Waals surface area contributed by atoms with E-state index in [1.807, 2.05) is 0 Å². The Morgan fingerprint density at radius 3 is 2.60 bits per heavy atom. The molecule has 2 nitrogen and oxygen atoms in total. The predicted octanol–water partition coefficient (Wildman–Crippen LogP) is -0.514. The van der Waals surface area contributed by atoms with Crippen LogP contribution in [-0.2, 0) is 4.79 Å². The quantitative estimate of drug-likeness (QED) is 0.518. The van der Waals surface area contributed by atoms with Crippen LogP contribution in [0.15, 0.2) is 24.3 Å². The highest BCUT2D eigenvalue weighted by Gasteiger charge is 1.80. The largest absolute Gasteiger partial charge is 0.515 e. The van der Waals surface area contributed by atoms with Crippen LogP contribution in [0.2, 0.25) is 0 Å². The third kappa shape index (κ3) is 1.07. The monoisotopic (exact) mass is 134 g/mol. The van der Waals surface area contributed by atoms with E-state index in [0.717, 1.165) is 6.26 Å². The molecular formula is C8H6O2. The van der Waals surface area contributed by atoms with Gasteiger partial charge in [-0.2, -0.15) is 0 Å². The van der Waals surface area contributed by atoms with E-state index < -0.39 is 0 Å². The van der Waals surface area contributed by atoms with Gasteiger partial charge in [0.1, 0.15) is 5.94 Å². The maximum absolute atomic E-state index is 10.1. The average Bonchev–Trinajstić information content (AvgIpc) is 2.04. The van der Waals surface area contributed by atoms with Crippen LogP contribution in [0.4, 0.5) is 0 Å². The minimum Gasteiger partial charge on any atom is -0.515 e. The second kappa shape index (κ2) is 2.85. The lowest BCUT2D eigenvalue weighted by Crippen LogP contribution is -2.24. The Balaban J connectivity index is 3.70. The molecule has 0 aliphatic heterocycles. The van der Waals surface area contributed by atoms with E-state index in [0.29, 0.717) is 10.4 Å². The molecule has 0 aliphatic carbocycles. The van der Waals surface area contributed by atoms with Crippen molar-refractivity contribution in [1.82, 2.24) is 0 Å². The highest BCUT2D eigenvalue weighted by atomic mass is 16.2. The number of carbonyl (C=O) groups excluding carboxylic acids is 1. The maximum Gasteiger partial charge on any atom is 0.133 e. The molecule has 1 aromatic carbocycles. The SMILES string of the molecule is O=C=c1cccc/c1=C/O. The van der Waals surface area contributed by atoms with Crippen molar-refractivity contribution < 1.29 is 9.90 Å². The zero-order valence-corrected chi connectivity index (χ0v) is 5.24. The number of benzene rings is 1. The molecule has 0 fully saturated rings. The van der Waals surface area contributed by atoms with Crippen molar-refractivity contribution in [3.8, 4) is 0 Å². The summed E-state index contributed by atoms with van der Waals surface area (Å²) in [6.07, 6.45) is 0.889. The summed E-state index contributed by atoms with van der Waals surface area (Å²) >= 11 is 0. The van der Waals surface area contributed by atoms with Gasteiger partial charge < -0.3 is 5.11 Å². The van der Waals surface area contributed by atoms with Crippen LogP contribution in [0.25, 0.3) is 6.26 Å². The van der Waals surface area contributed by atoms with Crippen molar-refractivity contribution in [3.05, 3.63) is 34.7 Å². The van der Waals surface area contributed by atoms with Crippen molar-refractivity contribution >= 4 is 12.2 Å². The maximum atomic E-state index is 10.1. The van der Waals surface area contributed by atoms with E-state index in [9.17, 15) is 4.79 Å². The van der Waals surface area contributed by atoms with E-state index in [4.69, 9.17) is 5.11 Å². The van der Waals surface area contributed by atoms with Gasteiger partial charge in [-0.25, -0.2) is 4.79 Å². The first-order valence-electron chi connectivity index (χ1n) is 2.83. The molecule has 0 amide bonds. The molecule has 0 heterocycles. The molecule has 0 radical (unpaired) electrons. The number of aliphatic hydroxyl groups is 1. The molecule has 0 bridgehead atoms. The Labute approximate surface area is 57.7 Å². The van der Waals surface area contributed by atoms with Crippen molar-refractivity contribution in [2.24, 2.45) is 0 Å². The highest BCUT2D eigenvalue weighted by Crippen LogP contribution is 1.67. The summed E-state index contributed by atoms with van der Waals surface area (Å²) in [6, 6.07) is 6.69. The van der Waals surface area contributed by atoms with Gasteiger partial charge >= 0.3 is 0 Å². The Kier molecular flexibility index (Phi) is 1.88. The van der Waals surface area contributed by atoms with Crippen molar-refractivity contribution in [3.63, 3.8) is 0 Å². The molecule has 0 atom stereocenters. The molecule has 2 heteroatoms. The second-order valence-electron chi connectivity index (χ2n) is 1.82. The van der Waals surface area contributed by atoms with E-state index in [2.05, 4.69) is 0 Å². The Morgan fingerprint density at radius 1 is 1.40 bits per heavy atom. The van der Waals surface area contributed by atoms with Crippen LogP contribution < -0.4 is 10.4 Å². The van der Waals surface area contributed by atoms with Crippen LogP contribution in [0.1, 0.15) is 0 Å². The van der Waals surface area contributed by atoms with E-state index >= 15 is 0 Å². The minimum atomic E-state index is 0.380. The number of rotatable bonds is 0. The van der Waals surface area contributed by atoms with Gasteiger partial charge in [0.25, 0.3) is 0 Å². The smallest absolute Gasteiger partial charge is 0.133 e. The fraction of sp³-hybridized carbons (Fsp3) is 0. The van der Waals surface area contributed by atoms with Gasteiger partial charge in [0.15, 0.2) is 0 Å². The fourth-order valence-electron chi connectivity index (χ4n) is 0.703. The number of hydrogen-bond acceptors (Lipinski definition) is 2. The Morgan fingerprint density at radius 2 is 2.10 bits per heavy atom. The third-order valence-electron chi connectivity index (χ3n) is 1.21. The molecule has 0 saturated carbocycles. The summed E-state index contributed by atoms with van der Waals surface area (Å²) in [5.41, 5.74) is 0. The van der Waals surface area contributed by atoms with E-state index in [1.165, 1.54) is 0 Å². The molecule has 0 aliphatic rings. The van der Waals surface area contributed by atoms with Crippen LogP contribution in [-0.4, -0.2) is 11.0 Å². The van der Waals surface area contributed by atoms with Crippen LogP contribution in [0.5, 0.6) is 0 Å². The van der Waals surface area contributed by atoms with Gasteiger partial charge in [-0.3, -0.25) is 0 Å². The standard InChI is InChI=1S/C8H6O2/c9-5-7-3-1-2-4-8(7)6-10/h1-5,9H/b7-5-. The first kappa shape index (κ1) is 6.59. The minimum absolute atomic E-state index is 0.380. The van der Waals surface area contributed by atoms with Gasteiger partial charge in [-0.1, -0.05) is 18.2 Å². The molecule has 1 aromatic rings. The lowest BCUT2D eigenvalue weighted by molar-refractivity contribution is 0.539. The average molecular weight is 134 g/mol. The van der Waals surface area contributed by atoms with Crippen LogP contribution >= 0.6 is 0 Å². The summed E-state index contributed by atoms with van der Waals surface area (Å²) in [7, 11) is 0.